The first kappa shape index (κ1) is 29.4. The molecule has 3 N–H and O–H groups in total. The van der Waals surface area contributed by atoms with Crippen molar-refractivity contribution >= 4 is 40.5 Å². The van der Waals surface area contributed by atoms with Gasteiger partial charge in [-0.3, -0.25) is 0 Å². The zero-order chi connectivity index (χ0) is 29.7. The number of carbonyl (C=O) groups excluding carboxylic acids is 2. The fourth-order valence-corrected chi connectivity index (χ4v) is 4.48. The molecular weight excluding hydrogens is 537 g/mol. The van der Waals surface area contributed by atoms with Crippen molar-refractivity contribution in [2.24, 2.45) is 0 Å². The van der Waals surface area contributed by atoms with Crippen LogP contribution in [0.5, 0.6) is 5.75 Å². The molecule has 1 fully saturated rings. The van der Waals surface area contributed by atoms with Crippen molar-refractivity contribution in [1.82, 2.24) is 4.90 Å². The molecule has 0 spiro atoms. The van der Waals surface area contributed by atoms with E-state index in [0.29, 0.717) is 49.0 Å². The van der Waals surface area contributed by atoms with Crippen LogP contribution in [0.15, 0.2) is 60.7 Å². The van der Waals surface area contributed by atoms with E-state index >= 15 is 0 Å². The lowest BCUT2D eigenvalue weighted by molar-refractivity contribution is -0.136. The highest BCUT2D eigenvalue weighted by atomic mass is 19.4. The topological polar surface area (TPSA) is 89.2 Å². The molecule has 0 bridgehead atoms. The fourth-order valence-electron chi connectivity index (χ4n) is 4.48. The maximum Gasteiger partial charge on any atom is 0.418 e. The van der Waals surface area contributed by atoms with Gasteiger partial charge < -0.3 is 35.4 Å². The first-order chi connectivity index (χ1) is 19.4. The normalized spacial score (nSPS) is 13.4. The van der Waals surface area contributed by atoms with Gasteiger partial charge in [0.2, 0.25) is 0 Å². The van der Waals surface area contributed by atoms with Gasteiger partial charge in [0.1, 0.15) is 5.75 Å². The van der Waals surface area contributed by atoms with Crippen LogP contribution in [0.4, 0.5) is 51.2 Å². The Morgan fingerprint density at radius 1 is 0.854 bits per heavy atom. The van der Waals surface area contributed by atoms with Crippen LogP contribution in [-0.4, -0.2) is 64.3 Å². The molecule has 0 aliphatic carbocycles. The highest BCUT2D eigenvalue weighted by molar-refractivity contribution is 6.00. The predicted molar refractivity (Wildman–Crippen MR) is 155 cm³/mol. The summed E-state index contributed by atoms with van der Waals surface area (Å²) < 4.78 is 46.2. The molecule has 0 atom stereocenters. The van der Waals surface area contributed by atoms with Gasteiger partial charge in [0, 0.05) is 57.3 Å². The first-order valence-electron chi connectivity index (χ1n) is 13.0. The Kier molecular flexibility index (Phi) is 8.80. The van der Waals surface area contributed by atoms with E-state index in [-0.39, 0.29) is 5.69 Å². The minimum absolute atomic E-state index is 0.275. The molecule has 0 unspecified atom stereocenters. The molecule has 1 saturated heterocycles. The number of aryl methyl sites for hydroxylation is 1. The summed E-state index contributed by atoms with van der Waals surface area (Å²) in [6, 6.07) is 15.6. The number of rotatable bonds is 6. The van der Waals surface area contributed by atoms with Crippen LogP contribution in [0.2, 0.25) is 0 Å². The minimum Gasteiger partial charge on any atom is -0.495 e. The number of benzene rings is 3. The number of methoxy groups -OCH3 is 1. The van der Waals surface area contributed by atoms with Crippen LogP contribution in [0.1, 0.15) is 11.1 Å². The average molecular weight is 571 g/mol. The van der Waals surface area contributed by atoms with Crippen LogP contribution in [0.3, 0.4) is 0 Å². The molecule has 0 radical (unpaired) electrons. The van der Waals surface area contributed by atoms with Crippen molar-refractivity contribution < 1.29 is 27.5 Å². The number of alkyl halides is 3. The first-order valence-corrected chi connectivity index (χ1v) is 13.0. The van der Waals surface area contributed by atoms with Crippen molar-refractivity contribution in [3.8, 4) is 5.75 Å². The molecule has 9 nitrogen and oxygen atoms in total. The molecule has 1 aliphatic rings. The molecule has 3 aromatic rings. The maximum atomic E-state index is 13.6. The van der Waals surface area contributed by atoms with E-state index in [0.717, 1.165) is 17.3 Å². The highest BCUT2D eigenvalue weighted by Gasteiger charge is 2.35. The molecule has 41 heavy (non-hydrogen) atoms. The average Bonchev–Trinajstić information content (AvgIpc) is 2.93. The van der Waals surface area contributed by atoms with E-state index in [4.69, 9.17) is 4.74 Å². The van der Waals surface area contributed by atoms with Gasteiger partial charge in [-0.15, -0.1) is 0 Å². The van der Waals surface area contributed by atoms with Crippen molar-refractivity contribution in [2.75, 3.05) is 73.1 Å². The number of piperazine rings is 1. The number of anilines is 5. The number of nitrogens with one attached hydrogen (secondary N) is 3. The molecular formula is C29H33F3N6O3. The molecule has 218 valence electrons. The van der Waals surface area contributed by atoms with Crippen LogP contribution in [0, 0.1) is 6.92 Å². The number of urea groups is 2. The summed E-state index contributed by atoms with van der Waals surface area (Å²) in [5, 5.41) is 8.02. The van der Waals surface area contributed by atoms with Gasteiger partial charge in [-0.1, -0.05) is 6.07 Å². The summed E-state index contributed by atoms with van der Waals surface area (Å²) in [5.74, 6) is 0.553. The molecule has 3 aromatic carbocycles. The summed E-state index contributed by atoms with van der Waals surface area (Å²) >= 11 is 0. The second-order valence-corrected chi connectivity index (χ2v) is 9.86. The molecule has 0 aromatic heterocycles. The van der Waals surface area contributed by atoms with Crippen LogP contribution in [-0.2, 0) is 6.18 Å². The van der Waals surface area contributed by atoms with E-state index in [2.05, 4.69) is 20.9 Å². The number of carbonyl (C=O) groups is 2. The summed E-state index contributed by atoms with van der Waals surface area (Å²) in [5.41, 5.74) is 2.25. The summed E-state index contributed by atoms with van der Waals surface area (Å²) in [4.78, 5) is 30.4. The lowest BCUT2D eigenvalue weighted by atomic mass is 10.1. The molecule has 1 aliphatic heterocycles. The molecule has 4 rings (SSSR count). The van der Waals surface area contributed by atoms with E-state index in [1.165, 1.54) is 24.1 Å². The standard InChI is InChI=1S/C29H33F3N6O3/c1-19-5-12-26(41-4)25(17-19)34-27(39)33-20-6-8-21(9-7-20)37-13-15-38(16-14-37)28(40)35-24-11-10-22(36(2)3)18-23(24)29(30,31)32/h5-12,17-18H,13-16H2,1-4H3,(H,35,40)(H2,33,34,39). The van der Waals surface area contributed by atoms with E-state index in [1.807, 2.05) is 31.2 Å². The van der Waals surface area contributed by atoms with Gasteiger partial charge in [0.05, 0.1) is 24.0 Å². The number of hydrogen-bond donors (Lipinski definition) is 3. The number of halogens is 3. The second kappa shape index (κ2) is 12.3. The van der Waals surface area contributed by atoms with Crippen molar-refractivity contribution in [2.45, 2.75) is 13.1 Å². The largest absolute Gasteiger partial charge is 0.495 e. The smallest absolute Gasteiger partial charge is 0.418 e. The lowest BCUT2D eigenvalue weighted by Crippen LogP contribution is -2.50. The van der Waals surface area contributed by atoms with Gasteiger partial charge >= 0.3 is 18.2 Å². The van der Waals surface area contributed by atoms with Gasteiger partial charge in [0.15, 0.2) is 0 Å². The van der Waals surface area contributed by atoms with Gasteiger partial charge in [0.25, 0.3) is 0 Å². The molecule has 1 heterocycles. The Hall–Kier alpha value is -4.61. The third-order valence-corrected chi connectivity index (χ3v) is 6.73. The summed E-state index contributed by atoms with van der Waals surface area (Å²) in [6.45, 7) is 3.59. The maximum absolute atomic E-state index is 13.6. The van der Waals surface area contributed by atoms with Crippen molar-refractivity contribution in [1.29, 1.82) is 0 Å². The van der Waals surface area contributed by atoms with Crippen molar-refractivity contribution in [3.63, 3.8) is 0 Å². The Morgan fingerprint density at radius 2 is 1.54 bits per heavy atom. The van der Waals surface area contributed by atoms with Crippen LogP contribution in [0.25, 0.3) is 0 Å². The molecule has 12 heteroatoms. The molecule has 0 saturated carbocycles. The Bertz CT molecular complexity index is 1390. The zero-order valence-corrected chi connectivity index (χ0v) is 23.3. The van der Waals surface area contributed by atoms with Gasteiger partial charge in [-0.05, 0) is 67.1 Å². The van der Waals surface area contributed by atoms with Crippen molar-refractivity contribution in [3.05, 3.63) is 71.8 Å². The van der Waals surface area contributed by atoms with E-state index in [9.17, 15) is 22.8 Å². The van der Waals surface area contributed by atoms with Gasteiger partial charge in [-0.2, -0.15) is 13.2 Å². The van der Waals surface area contributed by atoms with Gasteiger partial charge in [-0.25, -0.2) is 9.59 Å². The third-order valence-electron chi connectivity index (χ3n) is 6.73. The highest BCUT2D eigenvalue weighted by Crippen LogP contribution is 2.37. The Balaban J connectivity index is 1.32. The lowest BCUT2D eigenvalue weighted by Gasteiger charge is -2.36. The number of nitrogens with zero attached hydrogens (tertiary/aromatic N) is 3. The predicted octanol–water partition coefficient (Wildman–Crippen LogP) is 6.09. The zero-order valence-electron chi connectivity index (χ0n) is 23.3. The van der Waals surface area contributed by atoms with E-state index < -0.39 is 23.8 Å². The van der Waals surface area contributed by atoms with E-state index in [1.54, 1.807) is 37.2 Å². The second-order valence-electron chi connectivity index (χ2n) is 9.86. The Morgan fingerprint density at radius 3 is 2.15 bits per heavy atom. The quantitative estimate of drug-likeness (QED) is 0.334. The number of ether oxygens (including phenoxy) is 1. The van der Waals surface area contributed by atoms with Crippen LogP contribution >= 0.6 is 0 Å². The van der Waals surface area contributed by atoms with Crippen LogP contribution < -0.4 is 30.5 Å². The number of hydrogen-bond acceptors (Lipinski definition) is 5. The monoisotopic (exact) mass is 570 g/mol. The summed E-state index contributed by atoms with van der Waals surface area (Å²) in [6.07, 6.45) is -4.61. The SMILES string of the molecule is COc1ccc(C)cc1NC(=O)Nc1ccc(N2CCN(C(=O)Nc3ccc(N(C)C)cc3C(F)(F)F)CC2)cc1. The third kappa shape index (κ3) is 7.33. The summed E-state index contributed by atoms with van der Waals surface area (Å²) in [7, 11) is 4.84. The minimum atomic E-state index is -4.61. The molecule has 4 amide bonds. The Labute approximate surface area is 236 Å². The number of amides is 4. The fraction of sp³-hybridized carbons (Fsp3) is 0.310.